The first-order valence-corrected chi connectivity index (χ1v) is 6.35. The summed E-state index contributed by atoms with van der Waals surface area (Å²) in [5.41, 5.74) is 0.710. The van der Waals surface area contributed by atoms with E-state index in [1.807, 2.05) is 13.8 Å². The van der Waals surface area contributed by atoms with E-state index in [2.05, 4.69) is 26.3 Å². The first-order valence-electron chi connectivity index (χ1n) is 5.56. The summed E-state index contributed by atoms with van der Waals surface area (Å²) in [4.78, 5) is 12.1. The lowest BCUT2D eigenvalue weighted by molar-refractivity contribution is 0.0932. The predicted molar refractivity (Wildman–Crippen MR) is 65.6 cm³/mol. The Morgan fingerprint density at radius 1 is 1.69 bits per heavy atom. The van der Waals surface area contributed by atoms with Crippen LogP contribution in [0.3, 0.4) is 0 Å². The van der Waals surface area contributed by atoms with E-state index >= 15 is 0 Å². The van der Waals surface area contributed by atoms with Crippen molar-refractivity contribution in [2.45, 2.75) is 26.3 Å². The number of Topliss-reactive ketones (excluding diaryl/α,β-unsaturated/α-hetero) is 1. The lowest BCUT2D eigenvalue weighted by atomic mass is 9.95. The van der Waals surface area contributed by atoms with E-state index < -0.39 is 0 Å². The smallest absolute Gasteiger partial charge is 0.182 e. The first kappa shape index (κ1) is 11.8. The number of carbonyl (C=O) groups excluding carboxylic acids is 1. The van der Waals surface area contributed by atoms with Gasteiger partial charge in [-0.2, -0.15) is 5.10 Å². The minimum atomic E-state index is 0.185. The molecule has 1 saturated heterocycles. The largest absolute Gasteiger partial charge is 0.316 e. The van der Waals surface area contributed by atoms with E-state index in [0.717, 1.165) is 17.6 Å². The van der Waals surface area contributed by atoms with Crippen molar-refractivity contribution >= 4 is 21.7 Å². The molecule has 0 radical (unpaired) electrons. The molecule has 16 heavy (non-hydrogen) atoms. The number of carbonyl (C=O) groups is 1. The molecule has 0 aliphatic carbocycles. The maximum Gasteiger partial charge on any atom is 0.182 e. The number of ketones is 1. The quantitative estimate of drug-likeness (QED) is 0.861. The molecule has 1 aliphatic heterocycles. The average Bonchev–Trinajstić information content (AvgIpc) is 2.53. The predicted octanol–water partition coefficient (Wildman–Crippen LogP) is 2.02. The second kappa shape index (κ2) is 4.67. The molecule has 1 aromatic heterocycles. The molecule has 0 bridgehead atoms. The number of aromatic nitrogens is 2. The summed E-state index contributed by atoms with van der Waals surface area (Å²) >= 11 is 3.40. The fourth-order valence-electron chi connectivity index (χ4n) is 1.85. The van der Waals surface area contributed by atoms with Crippen LogP contribution in [0.4, 0.5) is 0 Å². The molecular weight excluding hydrogens is 270 g/mol. The molecule has 1 aromatic rings. The Hall–Kier alpha value is -0.680. The van der Waals surface area contributed by atoms with Crippen molar-refractivity contribution in [1.82, 2.24) is 15.1 Å². The molecule has 1 aliphatic rings. The van der Waals surface area contributed by atoms with Crippen LogP contribution in [0.15, 0.2) is 10.7 Å². The monoisotopic (exact) mass is 285 g/mol. The zero-order chi connectivity index (χ0) is 11.7. The fourth-order valence-corrected chi connectivity index (χ4v) is 2.34. The summed E-state index contributed by atoms with van der Waals surface area (Å²) in [5, 5.41) is 7.40. The highest BCUT2D eigenvalue weighted by Gasteiger charge is 2.25. The number of hydrogen-bond acceptors (Lipinski definition) is 3. The Labute approximate surface area is 104 Å². The maximum atomic E-state index is 12.1. The summed E-state index contributed by atoms with van der Waals surface area (Å²) in [6, 6.07) is 0.213. The molecule has 1 N–H and O–H groups in total. The lowest BCUT2D eigenvalue weighted by Crippen LogP contribution is -2.43. The molecular formula is C11H16BrN3O. The number of rotatable bonds is 4. The van der Waals surface area contributed by atoms with Gasteiger partial charge in [0.05, 0.1) is 10.7 Å². The van der Waals surface area contributed by atoms with Crippen molar-refractivity contribution in [3.8, 4) is 0 Å². The highest BCUT2D eigenvalue weighted by molar-refractivity contribution is 9.10. The Morgan fingerprint density at radius 2 is 2.38 bits per heavy atom. The number of nitrogens with one attached hydrogen (secondary N) is 1. The summed E-state index contributed by atoms with van der Waals surface area (Å²) < 4.78 is 2.59. The van der Waals surface area contributed by atoms with E-state index in [9.17, 15) is 4.79 Å². The van der Waals surface area contributed by atoms with Gasteiger partial charge in [0.15, 0.2) is 5.78 Å². The lowest BCUT2D eigenvalue weighted by Gasteiger charge is -2.26. The van der Waals surface area contributed by atoms with Crippen LogP contribution in [-0.4, -0.2) is 28.7 Å². The second-order valence-corrected chi connectivity index (χ2v) is 5.39. The molecule has 2 heterocycles. The van der Waals surface area contributed by atoms with Crippen molar-refractivity contribution < 1.29 is 4.79 Å². The second-order valence-electron chi connectivity index (χ2n) is 4.53. The molecule has 4 nitrogen and oxygen atoms in total. The van der Waals surface area contributed by atoms with Gasteiger partial charge in [-0.05, 0) is 48.8 Å². The van der Waals surface area contributed by atoms with Crippen molar-refractivity contribution in [2.24, 2.45) is 5.92 Å². The third kappa shape index (κ3) is 2.20. The van der Waals surface area contributed by atoms with Crippen LogP contribution in [0, 0.1) is 5.92 Å². The van der Waals surface area contributed by atoms with E-state index in [0.29, 0.717) is 18.0 Å². The topological polar surface area (TPSA) is 46.9 Å². The van der Waals surface area contributed by atoms with Crippen LogP contribution in [-0.2, 0) is 0 Å². The normalized spacial score (nSPS) is 16.5. The number of halogens is 1. The summed E-state index contributed by atoms with van der Waals surface area (Å²) in [5.74, 6) is 0.680. The van der Waals surface area contributed by atoms with Crippen LogP contribution in [0.5, 0.6) is 0 Å². The molecule has 0 amide bonds. The van der Waals surface area contributed by atoms with Gasteiger partial charge in [-0.3, -0.25) is 9.48 Å². The first-order chi connectivity index (χ1) is 7.59. The van der Waals surface area contributed by atoms with Gasteiger partial charge in [-0.25, -0.2) is 0 Å². The van der Waals surface area contributed by atoms with Crippen molar-refractivity contribution in [3.63, 3.8) is 0 Å². The van der Waals surface area contributed by atoms with Gasteiger partial charge in [0, 0.05) is 12.5 Å². The van der Waals surface area contributed by atoms with Gasteiger partial charge in [-0.15, -0.1) is 0 Å². The highest BCUT2D eigenvalue weighted by Crippen LogP contribution is 2.23. The van der Waals surface area contributed by atoms with Crippen LogP contribution in [0.2, 0.25) is 0 Å². The summed E-state index contributed by atoms with van der Waals surface area (Å²) in [7, 11) is 0. The van der Waals surface area contributed by atoms with Crippen molar-refractivity contribution in [2.75, 3.05) is 13.1 Å². The van der Waals surface area contributed by atoms with Gasteiger partial charge in [0.25, 0.3) is 0 Å². The highest BCUT2D eigenvalue weighted by atomic mass is 79.9. The van der Waals surface area contributed by atoms with Crippen LogP contribution >= 0.6 is 15.9 Å². The van der Waals surface area contributed by atoms with Crippen LogP contribution in [0.25, 0.3) is 0 Å². The maximum absolute atomic E-state index is 12.1. The Bertz CT molecular complexity index is 396. The molecule has 5 heteroatoms. The zero-order valence-corrected chi connectivity index (χ0v) is 11.1. The minimum Gasteiger partial charge on any atom is -0.316 e. The third-order valence-electron chi connectivity index (χ3n) is 2.84. The molecule has 0 spiro atoms. The fraction of sp³-hybridized carbons (Fsp3) is 0.636. The third-order valence-corrected chi connectivity index (χ3v) is 3.42. The molecule has 0 aromatic carbocycles. The number of nitrogens with zero attached hydrogens (tertiary/aromatic N) is 2. The van der Waals surface area contributed by atoms with E-state index in [4.69, 9.17) is 0 Å². The van der Waals surface area contributed by atoms with Crippen LogP contribution < -0.4 is 5.32 Å². The van der Waals surface area contributed by atoms with Crippen molar-refractivity contribution in [1.29, 1.82) is 0 Å². The van der Waals surface area contributed by atoms with E-state index in [1.54, 1.807) is 10.9 Å². The molecule has 0 saturated carbocycles. The van der Waals surface area contributed by atoms with Crippen molar-refractivity contribution in [3.05, 3.63) is 16.4 Å². The van der Waals surface area contributed by atoms with Gasteiger partial charge in [0.2, 0.25) is 0 Å². The Balaban J connectivity index is 2.17. The van der Waals surface area contributed by atoms with Crippen LogP contribution in [0.1, 0.15) is 36.8 Å². The number of hydrogen-bond donors (Lipinski definition) is 1. The van der Waals surface area contributed by atoms with E-state index in [-0.39, 0.29) is 11.8 Å². The van der Waals surface area contributed by atoms with Gasteiger partial charge in [0.1, 0.15) is 5.69 Å². The zero-order valence-electron chi connectivity index (χ0n) is 9.53. The molecule has 0 atom stereocenters. The summed E-state index contributed by atoms with van der Waals surface area (Å²) in [6.45, 7) is 5.97. The average molecular weight is 286 g/mol. The van der Waals surface area contributed by atoms with Gasteiger partial charge >= 0.3 is 0 Å². The molecule has 2 rings (SSSR count). The molecule has 1 fully saturated rings. The molecule has 88 valence electrons. The van der Waals surface area contributed by atoms with E-state index in [1.165, 1.54) is 0 Å². The minimum absolute atomic E-state index is 0.185. The Kier molecular flexibility index (Phi) is 3.44. The SMILES string of the molecule is CC(C)n1ncc(Br)c1C(=O)CC1CNC1. The van der Waals surface area contributed by atoms with Gasteiger partial charge in [-0.1, -0.05) is 0 Å². The van der Waals surface area contributed by atoms with Gasteiger partial charge < -0.3 is 5.32 Å². The molecule has 0 unspecified atom stereocenters. The summed E-state index contributed by atoms with van der Waals surface area (Å²) in [6.07, 6.45) is 2.32. The Morgan fingerprint density at radius 3 is 2.88 bits per heavy atom. The standard InChI is InChI=1S/C11H16BrN3O/c1-7(2)15-11(9(12)6-14-15)10(16)3-8-4-13-5-8/h6-8,13H,3-5H2,1-2H3.